The molecule has 1 heterocycles. The van der Waals surface area contributed by atoms with Crippen LogP contribution in [0.2, 0.25) is 0 Å². The summed E-state index contributed by atoms with van der Waals surface area (Å²) in [5.74, 6) is -0.00602. The van der Waals surface area contributed by atoms with E-state index in [2.05, 4.69) is 26.1 Å². The number of hydrogen-bond acceptors (Lipinski definition) is 9. The molecule has 0 amide bonds. The van der Waals surface area contributed by atoms with E-state index in [0.29, 0.717) is 17.0 Å². The summed E-state index contributed by atoms with van der Waals surface area (Å²) in [6.45, 7) is 6.86. The Bertz CT molecular complexity index is 1500. The molecule has 0 fully saturated rings. The fourth-order valence-corrected chi connectivity index (χ4v) is 4.80. The van der Waals surface area contributed by atoms with E-state index >= 15 is 0 Å². The van der Waals surface area contributed by atoms with Gasteiger partial charge < -0.3 is 9.47 Å². The lowest BCUT2D eigenvalue weighted by Crippen LogP contribution is -2.16. The van der Waals surface area contributed by atoms with E-state index in [-0.39, 0.29) is 6.61 Å². The standard InChI is InChI=1S/C27H22F3NO6S2/c1-4-18-5-7-19(8-6-18)17(3)34-26(32)15-33-21-10-12-25-23(14-21)22-13-20(9-11-24(22)38-25)16(2)31-35-36-37-39-27(28,29)30/h4-14,17H,1,15H2,2-3H3/b31-16+. The van der Waals surface area contributed by atoms with Crippen molar-refractivity contribution in [2.75, 3.05) is 6.61 Å². The van der Waals surface area contributed by atoms with Gasteiger partial charge in [-0.05, 0) is 66.0 Å². The number of fused-ring (bicyclic) bond motifs is 3. The molecule has 0 saturated heterocycles. The number of benzene rings is 3. The third-order valence-electron chi connectivity index (χ3n) is 5.53. The molecule has 4 aromatic rings. The Kier molecular flexibility index (Phi) is 9.12. The molecule has 7 nitrogen and oxygen atoms in total. The summed E-state index contributed by atoms with van der Waals surface area (Å²) < 4.78 is 53.1. The average Bonchev–Trinajstić information content (AvgIpc) is 3.28. The third-order valence-corrected chi connectivity index (χ3v) is 6.99. The lowest BCUT2D eigenvalue weighted by atomic mass is 10.1. The molecule has 204 valence electrons. The van der Waals surface area contributed by atoms with Crippen LogP contribution in [0.4, 0.5) is 13.2 Å². The number of thiophene rings is 1. The monoisotopic (exact) mass is 577 g/mol. The first-order valence-electron chi connectivity index (χ1n) is 11.4. The predicted molar refractivity (Wildman–Crippen MR) is 145 cm³/mol. The number of nitrogens with zero attached hydrogens (tertiary/aromatic N) is 1. The van der Waals surface area contributed by atoms with Gasteiger partial charge in [0.25, 0.3) is 0 Å². The van der Waals surface area contributed by atoms with Crippen LogP contribution in [0.25, 0.3) is 26.2 Å². The minimum atomic E-state index is -4.63. The molecule has 1 aromatic heterocycles. The number of rotatable bonds is 11. The van der Waals surface area contributed by atoms with Crippen molar-refractivity contribution in [3.63, 3.8) is 0 Å². The quantitative estimate of drug-likeness (QED) is 0.0445. The molecule has 4 rings (SSSR count). The van der Waals surface area contributed by atoms with Crippen LogP contribution in [0.15, 0.2) is 72.4 Å². The second kappa shape index (κ2) is 12.5. The van der Waals surface area contributed by atoms with Crippen molar-refractivity contribution in [3.8, 4) is 5.75 Å². The first kappa shape index (κ1) is 28.4. The number of hydrogen-bond donors (Lipinski definition) is 0. The van der Waals surface area contributed by atoms with Gasteiger partial charge in [0.05, 0.1) is 5.71 Å². The lowest BCUT2D eigenvalue weighted by Gasteiger charge is -2.14. The number of esters is 1. The Morgan fingerprint density at radius 1 is 1.08 bits per heavy atom. The molecule has 0 aliphatic heterocycles. The van der Waals surface area contributed by atoms with Crippen LogP contribution in [0, 0.1) is 0 Å². The number of halogens is 3. The van der Waals surface area contributed by atoms with Gasteiger partial charge in [-0.15, -0.1) is 15.7 Å². The Balaban J connectivity index is 1.40. The van der Waals surface area contributed by atoms with Crippen molar-refractivity contribution in [2.24, 2.45) is 5.16 Å². The molecule has 0 aliphatic rings. The number of oxime groups is 1. The topological polar surface area (TPSA) is 75.6 Å². The van der Waals surface area contributed by atoms with Crippen molar-refractivity contribution < 1.29 is 41.8 Å². The SMILES string of the molecule is C=Cc1ccc(C(C)OC(=O)COc2ccc3sc4ccc(/C(C)=N/OOOSC(F)(F)F)cc4c3c2)cc1. The van der Waals surface area contributed by atoms with Gasteiger partial charge in [0, 0.05) is 25.2 Å². The molecule has 0 radical (unpaired) electrons. The fraction of sp³-hybridized carbons (Fsp3) is 0.185. The van der Waals surface area contributed by atoms with Gasteiger partial charge in [0.1, 0.15) is 23.9 Å². The summed E-state index contributed by atoms with van der Waals surface area (Å²) in [4.78, 5) is 16.7. The van der Waals surface area contributed by atoms with Gasteiger partial charge in [-0.2, -0.15) is 18.2 Å². The van der Waals surface area contributed by atoms with Crippen LogP contribution in [-0.2, 0) is 23.9 Å². The maximum Gasteiger partial charge on any atom is 0.471 e. The van der Waals surface area contributed by atoms with Crippen LogP contribution in [0.1, 0.15) is 36.6 Å². The normalized spacial score (nSPS) is 12.9. The van der Waals surface area contributed by atoms with Gasteiger partial charge in [-0.25, -0.2) is 4.79 Å². The molecule has 1 unspecified atom stereocenters. The smallest absolute Gasteiger partial charge is 0.471 e. The maximum atomic E-state index is 12.4. The van der Waals surface area contributed by atoms with Gasteiger partial charge in [0.2, 0.25) is 0 Å². The summed E-state index contributed by atoms with van der Waals surface area (Å²) >= 11 is 0.708. The van der Waals surface area contributed by atoms with Crippen LogP contribution in [-0.4, -0.2) is 23.8 Å². The molecule has 0 spiro atoms. The van der Waals surface area contributed by atoms with Crippen LogP contribution in [0.3, 0.4) is 0 Å². The zero-order valence-electron chi connectivity index (χ0n) is 20.7. The minimum absolute atomic E-state index is 0.258. The molecular formula is C27H22F3NO6S2. The van der Waals surface area contributed by atoms with Crippen LogP contribution in [0.5, 0.6) is 5.75 Å². The Labute approximate surface area is 229 Å². The Morgan fingerprint density at radius 2 is 1.77 bits per heavy atom. The van der Waals surface area contributed by atoms with Crippen LogP contribution >= 0.6 is 23.4 Å². The first-order valence-corrected chi connectivity index (χ1v) is 13.0. The second-order valence-corrected chi connectivity index (χ2v) is 10.0. The number of carbonyl (C=O) groups is 1. The Hall–Kier alpha value is -3.58. The molecule has 0 bridgehead atoms. The summed E-state index contributed by atoms with van der Waals surface area (Å²) in [6, 6.07) is 18.6. The number of carbonyl (C=O) groups excluding carboxylic acids is 1. The molecule has 0 N–H and O–H groups in total. The molecular weight excluding hydrogens is 555 g/mol. The maximum absolute atomic E-state index is 12.4. The van der Waals surface area contributed by atoms with Crippen molar-refractivity contribution >= 4 is 61.3 Å². The number of ether oxygens (including phenoxy) is 2. The average molecular weight is 578 g/mol. The van der Waals surface area contributed by atoms with Crippen molar-refractivity contribution in [3.05, 3.63) is 83.9 Å². The van der Waals surface area contributed by atoms with E-state index in [0.717, 1.165) is 31.3 Å². The molecule has 12 heteroatoms. The molecule has 3 aromatic carbocycles. The minimum Gasteiger partial charge on any atom is -0.482 e. The summed E-state index contributed by atoms with van der Waals surface area (Å²) in [7, 11) is 0. The zero-order chi connectivity index (χ0) is 28.0. The molecule has 39 heavy (non-hydrogen) atoms. The largest absolute Gasteiger partial charge is 0.482 e. The highest BCUT2D eigenvalue weighted by Gasteiger charge is 2.31. The molecule has 0 saturated carbocycles. The van der Waals surface area contributed by atoms with Gasteiger partial charge in [-0.3, -0.25) is 0 Å². The molecule has 1 atom stereocenters. The zero-order valence-corrected chi connectivity index (χ0v) is 22.3. The highest BCUT2D eigenvalue weighted by molar-refractivity contribution is 7.95. The summed E-state index contributed by atoms with van der Waals surface area (Å²) in [5.41, 5.74) is -1.80. The van der Waals surface area contributed by atoms with Crippen molar-refractivity contribution in [2.45, 2.75) is 25.5 Å². The van der Waals surface area contributed by atoms with Gasteiger partial charge in [0.15, 0.2) is 6.61 Å². The van der Waals surface area contributed by atoms with Gasteiger partial charge in [-0.1, -0.05) is 43.0 Å². The van der Waals surface area contributed by atoms with E-state index in [4.69, 9.17) is 9.47 Å². The summed E-state index contributed by atoms with van der Waals surface area (Å²) in [5, 5.41) is 9.38. The van der Waals surface area contributed by atoms with E-state index in [1.165, 1.54) is 0 Å². The van der Waals surface area contributed by atoms with E-state index < -0.39 is 29.6 Å². The number of alkyl halides is 3. The lowest BCUT2D eigenvalue weighted by molar-refractivity contribution is -0.463. The second-order valence-electron chi connectivity index (χ2n) is 8.18. The van der Waals surface area contributed by atoms with E-state index in [1.807, 2.05) is 48.5 Å². The van der Waals surface area contributed by atoms with Crippen molar-refractivity contribution in [1.82, 2.24) is 0 Å². The van der Waals surface area contributed by atoms with E-state index in [1.54, 1.807) is 43.4 Å². The van der Waals surface area contributed by atoms with E-state index in [9.17, 15) is 18.0 Å². The third kappa shape index (κ3) is 7.73. The van der Waals surface area contributed by atoms with Crippen LogP contribution < -0.4 is 4.74 Å². The first-order chi connectivity index (χ1) is 18.6. The fourth-order valence-electron chi connectivity index (χ4n) is 3.60. The highest BCUT2D eigenvalue weighted by Crippen LogP contribution is 2.36. The summed E-state index contributed by atoms with van der Waals surface area (Å²) in [6.07, 6.45) is 1.30. The van der Waals surface area contributed by atoms with Crippen molar-refractivity contribution in [1.29, 1.82) is 0 Å². The predicted octanol–water partition coefficient (Wildman–Crippen LogP) is 8.15. The Morgan fingerprint density at radius 3 is 2.46 bits per heavy atom. The van der Waals surface area contributed by atoms with Gasteiger partial charge >= 0.3 is 11.5 Å². The molecule has 0 aliphatic carbocycles. The highest BCUT2D eigenvalue weighted by atomic mass is 32.2.